The van der Waals surface area contributed by atoms with E-state index >= 15 is 0 Å². The molecule has 0 saturated carbocycles. The number of amides is 1. The molecule has 8 heteroatoms. The molecule has 1 amide bonds. The lowest BCUT2D eigenvalue weighted by Crippen LogP contribution is -2.16. The molecular formula is C17H10ClF3N2O2. The molecule has 4 nitrogen and oxygen atoms in total. The van der Waals surface area contributed by atoms with Crippen molar-refractivity contribution >= 4 is 23.2 Å². The van der Waals surface area contributed by atoms with Crippen molar-refractivity contribution in [3.63, 3.8) is 0 Å². The van der Waals surface area contributed by atoms with Crippen LogP contribution in [0.1, 0.15) is 16.1 Å². The zero-order valence-corrected chi connectivity index (χ0v) is 13.2. The molecule has 0 fully saturated rings. The fourth-order valence-electron chi connectivity index (χ4n) is 2.19. The van der Waals surface area contributed by atoms with Crippen LogP contribution in [0.2, 0.25) is 5.02 Å². The molecule has 3 rings (SSSR count). The smallest absolute Gasteiger partial charge is 0.350 e. The number of hydrogen-bond donors (Lipinski definition) is 1. The predicted molar refractivity (Wildman–Crippen MR) is 86.3 cm³/mol. The Morgan fingerprint density at radius 1 is 1.08 bits per heavy atom. The molecule has 128 valence electrons. The third-order valence-electron chi connectivity index (χ3n) is 3.33. The average Bonchev–Trinajstić information content (AvgIpc) is 3.04. The molecule has 0 aliphatic carbocycles. The standard InChI is InChI=1S/C17H10ClF3N2O2/c18-11-5-3-4-10(8-11)14-9-15(25-23-14)16(24)22-13-7-2-1-6-12(13)17(19,20)21/h1-9H,(H,22,24). The summed E-state index contributed by atoms with van der Waals surface area (Å²) in [5.74, 6) is -1.05. The van der Waals surface area contributed by atoms with Crippen LogP contribution in [0.25, 0.3) is 11.3 Å². The van der Waals surface area contributed by atoms with Crippen molar-refractivity contribution in [2.45, 2.75) is 6.18 Å². The lowest BCUT2D eigenvalue weighted by molar-refractivity contribution is -0.136. The van der Waals surface area contributed by atoms with E-state index in [1.807, 2.05) is 0 Å². The number of aromatic nitrogens is 1. The van der Waals surface area contributed by atoms with Gasteiger partial charge in [-0.3, -0.25) is 4.79 Å². The molecule has 1 N–H and O–H groups in total. The monoisotopic (exact) mass is 366 g/mol. The van der Waals surface area contributed by atoms with Gasteiger partial charge >= 0.3 is 6.18 Å². The van der Waals surface area contributed by atoms with E-state index in [-0.39, 0.29) is 11.4 Å². The highest BCUT2D eigenvalue weighted by Gasteiger charge is 2.33. The maximum absolute atomic E-state index is 13.0. The fourth-order valence-corrected chi connectivity index (χ4v) is 2.38. The van der Waals surface area contributed by atoms with Gasteiger partial charge in [-0.15, -0.1) is 0 Å². The highest BCUT2D eigenvalue weighted by Crippen LogP contribution is 2.34. The first-order valence-corrected chi connectivity index (χ1v) is 7.42. The lowest BCUT2D eigenvalue weighted by Gasteiger charge is -2.12. The Labute approximate surface area is 145 Å². The van der Waals surface area contributed by atoms with Gasteiger partial charge < -0.3 is 9.84 Å². The number of nitrogens with zero attached hydrogens (tertiary/aromatic N) is 1. The van der Waals surface area contributed by atoms with Crippen molar-refractivity contribution in [2.24, 2.45) is 0 Å². The van der Waals surface area contributed by atoms with Crippen LogP contribution < -0.4 is 5.32 Å². The summed E-state index contributed by atoms with van der Waals surface area (Å²) in [6.07, 6.45) is -4.59. The maximum atomic E-state index is 13.0. The van der Waals surface area contributed by atoms with Crippen LogP contribution in [0.4, 0.5) is 18.9 Å². The Balaban J connectivity index is 1.84. The normalized spacial score (nSPS) is 11.4. The Morgan fingerprint density at radius 2 is 1.84 bits per heavy atom. The minimum absolute atomic E-state index is 0.216. The van der Waals surface area contributed by atoms with E-state index in [2.05, 4.69) is 10.5 Å². The minimum Gasteiger partial charge on any atom is -0.350 e. The number of carbonyl (C=O) groups is 1. The number of para-hydroxylation sites is 1. The summed E-state index contributed by atoms with van der Waals surface area (Å²) in [6.45, 7) is 0. The van der Waals surface area contributed by atoms with E-state index in [1.165, 1.54) is 18.2 Å². The van der Waals surface area contributed by atoms with Gasteiger partial charge in [-0.1, -0.05) is 41.0 Å². The minimum atomic E-state index is -4.59. The molecule has 0 aliphatic heterocycles. The van der Waals surface area contributed by atoms with Gasteiger partial charge in [0, 0.05) is 16.7 Å². The van der Waals surface area contributed by atoms with E-state index in [9.17, 15) is 18.0 Å². The number of anilines is 1. The second kappa shape index (κ2) is 6.60. The van der Waals surface area contributed by atoms with Crippen LogP contribution in [0, 0.1) is 0 Å². The molecule has 0 saturated heterocycles. The topological polar surface area (TPSA) is 55.1 Å². The van der Waals surface area contributed by atoms with Crippen LogP contribution in [-0.2, 0) is 6.18 Å². The van der Waals surface area contributed by atoms with Crippen molar-refractivity contribution in [1.82, 2.24) is 5.16 Å². The van der Waals surface area contributed by atoms with Gasteiger partial charge in [0.05, 0.1) is 11.3 Å². The molecule has 25 heavy (non-hydrogen) atoms. The highest BCUT2D eigenvalue weighted by atomic mass is 35.5. The number of alkyl halides is 3. The van der Waals surface area contributed by atoms with Crippen molar-refractivity contribution in [2.75, 3.05) is 5.32 Å². The van der Waals surface area contributed by atoms with E-state index < -0.39 is 17.6 Å². The summed E-state index contributed by atoms with van der Waals surface area (Å²) >= 11 is 5.89. The van der Waals surface area contributed by atoms with Crippen molar-refractivity contribution in [3.05, 3.63) is 70.9 Å². The fraction of sp³-hybridized carbons (Fsp3) is 0.0588. The largest absolute Gasteiger partial charge is 0.418 e. The van der Waals surface area contributed by atoms with Crippen LogP contribution >= 0.6 is 11.6 Å². The van der Waals surface area contributed by atoms with Gasteiger partial charge in [-0.25, -0.2) is 0 Å². The Kier molecular flexibility index (Phi) is 4.50. The third-order valence-corrected chi connectivity index (χ3v) is 3.57. The summed E-state index contributed by atoms with van der Waals surface area (Å²) < 4.78 is 43.8. The quantitative estimate of drug-likeness (QED) is 0.687. The van der Waals surface area contributed by atoms with Gasteiger partial charge in [-0.05, 0) is 24.3 Å². The zero-order chi connectivity index (χ0) is 18.0. The van der Waals surface area contributed by atoms with Gasteiger partial charge in [0.2, 0.25) is 5.76 Å². The zero-order valence-electron chi connectivity index (χ0n) is 12.5. The number of hydrogen-bond acceptors (Lipinski definition) is 3. The molecule has 3 aromatic rings. The Bertz CT molecular complexity index is 922. The number of benzene rings is 2. The summed E-state index contributed by atoms with van der Waals surface area (Å²) in [4.78, 5) is 12.2. The Hall–Kier alpha value is -2.80. The van der Waals surface area contributed by atoms with Gasteiger partial charge in [0.15, 0.2) is 0 Å². The number of halogens is 4. The molecular weight excluding hydrogens is 357 g/mol. The molecule has 2 aromatic carbocycles. The van der Waals surface area contributed by atoms with Gasteiger partial charge in [0.1, 0.15) is 5.69 Å². The molecule has 0 atom stereocenters. The van der Waals surface area contributed by atoms with Gasteiger partial charge in [-0.2, -0.15) is 13.2 Å². The van der Waals surface area contributed by atoms with Crippen molar-refractivity contribution < 1.29 is 22.5 Å². The van der Waals surface area contributed by atoms with E-state index in [1.54, 1.807) is 24.3 Å². The van der Waals surface area contributed by atoms with E-state index in [0.717, 1.165) is 12.1 Å². The average molecular weight is 367 g/mol. The molecule has 1 aromatic heterocycles. The molecule has 1 heterocycles. The van der Waals surface area contributed by atoms with E-state index in [4.69, 9.17) is 16.1 Å². The highest BCUT2D eigenvalue weighted by molar-refractivity contribution is 6.30. The van der Waals surface area contributed by atoms with Crippen LogP contribution in [-0.4, -0.2) is 11.1 Å². The molecule has 0 aliphatic rings. The summed E-state index contributed by atoms with van der Waals surface area (Å²) in [5.41, 5.74) is -0.346. The number of rotatable bonds is 3. The summed E-state index contributed by atoms with van der Waals surface area (Å²) in [6, 6.07) is 12.7. The Morgan fingerprint density at radius 3 is 2.56 bits per heavy atom. The molecule has 0 radical (unpaired) electrons. The lowest BCUT2D eigenvalue weighted by atomic mass is 10.1. The maximum Gasteiger partial charge on any atom is 0.418 e. The second-order valence-corrected chi connectivity index (χ2v) is 5.52. The first-order valence-electron chi connectivity index (χ1n) is 7.05. The van der Waals surface area contributed by atoms with Crippen LogP contribution in [0.3, 0.4) is 0 Å². The van der Waals surface area contributed by atoms with Crippen LogP contribution in [0.15, 0.2) is 59.1 Å². The van der Waals surface area contributed by atoms with Crippen molar-refractivity contribution in [3.8, 4) is 11.3 Å². The molecule has 0 spiro atoms. The first-order chi connectivity index (χ1) is 11.8. The second-order valence-electron chi connectivity index (χ2n) is 5.08. The third kappa shape index (κ3) is 3.83. The molecule has 0 bridgehead atoms. The van der Waals surface area contributed by atoms with Gasteiger partial charge in [0.25, 0.3) is 5.91 Å². The number of nitrogens with one attached hydrogen (secondary N) is 1. The summed E-state index contributed by atoms with van der Waals surface area (Å²) in [5, 5.41) is 6.41. The summed E-state index contributed by atoms with van der Waals surface area (Å²) in [7, 11) is 0. The SMILES string of the molecule is O=C(Nc1ccccc1C(F)(F)F)c1cc(-c2cccc(Cl)c2)no1. The predicted octanol–water partition coefficient (Wildman–Crippen LogP) is 5.27. The van der Waals surface area contributed by atoms with Crippen LogP contribution in [0.5, 0.6) is 0 Å². The van der Waals surface area contributed by atoms with E-state index in [0.29, 0.717) is 16.3 Å². The van der Waals surface area contributed by atoms with Crippen molar-refractivity contribution in [1.29, 1.82) is 0 Å². The first kappa shape index (κ1) is 17.0. The molecule has 0 unspecified atom stereocenters. The number of carbonyl (C=O) groups excluding carboxylic acids is 1.